The largest absolute Gasteiger partial charge is 0.468 e. The van der Waals surface area contributed by atoms with Gasteiger partial charge in [-0.3, -0.25) is 10.1 Å². The van der Waals surface area contributed by atoms with E-state index in [0.29, 0.717) is 0 Å². The fourth-order valence-corrected chi connectivity index (χ4v) is 2.49. The summed E-state index contributed by atoms with van der Waals surface area (Å²) in [5, 5.41) is 6.03. The number of amides is 1. The molecule has 106 valence electrons. The highest BCUT2D eigenvalue weighted by molar-refractivity contribution is 14.1. The first-order chi connectivity index (χ1) is 9.56. The first-order valence-corrected chi connectivity index (χ1v) is 7.47. The molecule has 0 aliphatic rings. The van der Waals surface area contributed by atoms with Crippen LogP contribution in [0, 0.1) is 10.5 Å². The molecule has 0 aliphatic carbocycles. The molecule has 0 saturated heterocycles. The molecule has 0 bridgehead atoms. The van der Waals surface area contributed by atoms with Crippen molar-refractivity contribution < 1.29 is 9.21 Å². The van der Waals surface area contributed by atoms with Gasteiger partial charge in [-0.1, -0.05) is 0 Å². The Morgan fingerprint density at radius 3 is 2.85 bits per heavy atom. The predicted molar refractivity (Wildman–Crippen MR) is 87.7 cm³/mol. The molecule has 2 aromatic rings. The summed E-state index contributed by atoms with van der Waals surface area (Å²) in [7, 11) is 0. The second-order valence-electron chi connectivity index (χ2n) is 4.63. The standard InChI is InChI=1S/C15H17IN2O2/c1-10-8-12(16)5-6-13(10)18-15(19)9-17-11(2)14-4-3-7-20-14/h3-8,11,17H,9H2,1-2H3,(H,18,19)/t11-/m0/s1. The average Bonchev–Trinajstić information content (AvgIpc) is 2.93. The quantitative estimate of drug-likeness (QED) is 0.777. The molecule has 0 fully saturated rings. The molecule has 4 nitrogen and oxygen atoms in total. The van der Waals surface area contributed by atoms with Crippen molar-refractivity contribution in [2.24, 2.45) is 0 Å². The number of benzene rings is 1. The molecule has 0 radical (unpaired) electrons. The van der Waals surface area contributed by atoms with Gasteiger partial charge in [0.2, 0.25) is 5.91 Å². The molecule has 5 heteroatoms. The van der Waals surface area contributed by atoms with Gasteiger partial charge >= 0.3 is 0 Å². The van der Waals surface area contributed by atoms with Crippen molar-refractivity contribution in [1.82, 2.24) is 5.32 Å². The van der Waals surface area contributed by atoms with Gasteiger partial charge in [-0.05, 0) is 72.3 Å². The van der Waals surface area contributed by atoms with E-state index >= 15 is 0 Å². The second-order valence-corrected chi connectivity index (χ2v) is 5.87. The van der Waals surface area contributed by atoms with E-state index < -0.39 is 0 Å². The van der Waals surface area contributed by atoms with E-state index in [9.17, 15) is 4.79 Å². The van der Waals surface area contributed by atoms with E-state index in [1.54, 1.807) is 6.26 Å². The van der Waals surface area contributed by atoms with E-state index in [1.807, 2.05) is 44.2 Å². The van der Waals surface area contributed by atoms with Crippen molar-refractivity contribution in [3.8, 4) is 0 Å². The lowest BCUT2D eigenvalue weighted by Gasteiger charge is -2.12. The summed E-state index contributed by atoms with van der Waals surface area (Å²) < 4.78 is 6.44. The van der Waals surface area contributed by atoms with Gasteiger partial charge in [0.05, 0.1) is 18.8 Å². The third-order valence-electron chi connectivity index (χ3n) is 3.00. The summed E-state index contributed by atoms with van der Waals surface area (Å²) in [5.74, 6) is 0.760. The van der Waals surface area contributed by atoms with E-state index in [-0.39, 0.29) is 18.5 Å². The number of carbonyl (C=O) groups is 1. The molecular weight excluding hydrogens is 367 g/mol. The van der Waals surface area contributed by atoms with Gasteiger partial charge in [-0.25, -0.2) is 0 Å². The van der Waals surface area contributed by atoms with Gasteiger partial charge in [0.25, 0.3) is 0 Å². The normalized spacial score (nSPS) is 12.2. The maximum Gasteiger partial charge on any atom is 0.238 e. The van der Waals surface area contributed by atoms with Crippen LogP contribution in [0.25, 0.3) is 0 Å². The maximum atomic E-state index is 11.9. The Kier molecular flexibility index (Phi) is 5.19. The van der Waals surface area contributed by atoms with Gasteiger partial charge < -0.3 is 9.73 Å². The molecule has 1 aromatic heterocycles. The van der Waals surface area contributed by atoms with E-state index in [0.717, 1.165) is 20.6 Å². The summed E-state index contributed by atoms with van der Waals surface area (Å²) in [4.78, 5) is 11.9. The van der Waals surface area contributed by atoms with Crippen molar-refractivity contribution >= 4 is 34.2 Å². The van der Waals surface area contributed by atoms with Crippen LogP contribution in [-0.2, 0) is 4.79 Å². The third-order valence-corrected chi connectivity index (χ3v) is 3.67. The highest BCUT2D eigenvalue weighted by Gasteiger charge is 2.10. The minimum Gasteiger partial charge on any atom is -0.468 e. The van der Waals surface area contributed by atoms with E-state index in [2.05, 4.69) is 33.2 Å². The Morgan fingerprint density at radius 1 is 1.40 bits per heavy atom. The molecule has 1 heterocycles. The number of anilines is 1. The molecule has 0 saturated carbocycles. The van der Waals surface area contributed by atoms with Crippen LogP contribution in [0.3, 0.4) is 0 Å². The van der Waals surface area contributed by atoms with E-state index in [4.69, 9.17) is 4.42 Å². The molecule has 0 spiro atoms. The van der Waals surface area contributed by atoms with Crippen molar-refractivity contribution in [3.63, 3.8) is 0 Å². The number of nitrogens with one attached hydrogen (secondary N) is 2. The van der Waals surface area contributed by atoms with Crippen molar-refractivity contribution in [1.29, 1.82) is 0 Å². The summed E-state index contributed by atoms with van der Waals surface area (Å²) in [6.07, 6.45) is 1.63. The molecular formula is C15H17IN2O2. The van der Waals surface area contributed by atoms with E-state index in [1.165, 1.54) is 0 Å². The lowest BCUT2D eigenvalue weighted by Crippen LogP contribution is -2.30. The fourth-order valence-electron chi connectivity index (χ4n) is 1.85. The number of hydrogen-bond donors (Lipinski definition) is 2. The Balaban J connectivity index is 1.86. The van der Waals surface area contributed by atoms with Crippen molar-refractivity contribution in [2.45, 2.75) is 19.9 Å². The van der Waals surface area contributed by atoms with Crippen LogP contribution in [0.1, 0.15) is 24.3 Å². The van der Waals surface area contributed by atoms with Gasteiger partial charge in [0.15, 0.2) is 0 Å². The first kappa shape index (κ1) is 15.1. The number of carbonyl (C=O) groups excluding carboxylic acids is 1. The zero-order valence-electron chi connectivity index (χ0n) is 11.4. The van der Waals surface area contributed by atoms with Crippen molar-refractivity contribution in [2.75, 3.05) is 11.9 Å². The molecule has 1 atom stereocenters. The minimum atomic E-state index is -0.0623. The van der Waals surface area contributed by atoms with Gasteiger partial charge in [-0.15, -0.1) is 0 Å². The number of aryl methyl sites for hydroxylation is 1. The zero-order valence-corrected chi connectivity index (χ0v) is 13.6. The SMILES string of the molecule is Cc1cc(I)ccc1NC(=O)CN[C@@H](C)c1ccco1. The number of rotatable bonds is 5. The molecule has 2 N–H and O–H groups in total. The minimum absolute atomic E-state index is 0.00793. The topological polar surface area (TPSA) is 54.3 Å². The summed E-state index contributed by atoms with van der Waals surface area (Å²) in [6.45, 7) is 4.19. The van der Waals surface area contributed by atoms with Crippen LogP contribution in [0.2, 0.25) is 0 Å². The molecule has 1 aromatic carbocycles. The van der Waals surface area contributed by atoms with Gasteiger partial charge in [0, 0.05) is 9.26 Å². The van der Waals surface area contributed by atoms with Gasteiger partial charge in [0.1, 0.15) is 5.76 Å². The first-order valence-electron chi connectivity index (χ1n) is 6.39. The molecule has 20 heavy (non-hydrogen) atoms. The number of halogens is 1. The number of furan rings is 1. The predicted octanol–water partition coefficient (Wildman–Crippen LogP) is 3.48. The molecule has 2 rings (SSSR count). The third kappa shape index (κ3) is 4.08. The Morgan fingerprint density at radius 2 is 2.20 bits per heavy atom. The number of hydrogen-bond acceptors (Lipinski definition) is 3. The molecule has 0 unspecified atom stereocenters. The summed E-state index contributed by atoms with van der Waals surface area (Å²) in [5.41, 5.74) is 1.91. The van der Waals surface area contributed by atoms with Crippen LogP contribution in [0.4, 0.5) is 5.69 Å². The monoisotopic (exact) mass is 384 g/mol. The fraction of sp³-hybridized carbons (Fsp3) is 0.267. The smallest absolute Gasteiger partial charge is 0.238 e. The van der Waals surface area contributed by atoms with Crippen LogP contribution >= 0.6 is 22.6 Å². The van der Waals surface area contributed by atoms with Gasteiger partial charge in [-0.2, -0.15) is 0 Å². The average molecular weight is 384 g/mol. The Bertz CT molecular complexity index is 582. The Labute approximate surface area is 132 Å². The van der Waals surface area contributed by atoms with Crippen LogP contribution in [-0.4, -0.2) is 12.5 Å². The van der Waals surface area contributed by atoms with Crippen molar-refractivity contribution in [3.05, 3.63) is 51.5 Å². The molecule has 0 aliphatic heterocycles. The highest BCUT2D eigenvalue weighted by atomic mass is 127. The van der Waals surface area contributed by atoms with Crippen LogP contribution < -0.4 is 10.6 Å². The summed E-state index contributed by atoms with van der Waals surface area (Å²) >= 11 is 2.25. The lowest BCUT2D eigenvalue weighted by molar-refractivity contribution is -0.115. The molecule has 1 amide bonds. The zero-order chi connectivity index (χ0) is 14.5. The Hall–Kier alpha value is -1.34. The van der Waals surface area contributed by atoms with Crippen LogP contribution in [0.5, 0.6) is 0 Å². The lowest BCUT2D eigenvalue weighted by atomic mass is 10.2. The second kappa shape index (κ2) is 6.90. The highest BCUT2D eigenvalue weighted by Crippen LogP contribution is 2.17. The van der Waals surface area contributed by atoms with Crippen LogP contribution in [0.15, 0.2) is 41.0 Å². The summed E-state index contributed by atoms with van der Waals surface area (Å²) in [6, 6.07) is 9.66. The maximum absolute atomic E-state index is 11.9.